The van der Waals surface area contributed by atoms with Gasteiger partial charge >= 0.3 is 5.97 Å². The van der Waals surface area contributed by atoms with E-state index in [2.05, 4.69) is 45.2 Å². The second-order valence-corrected chi connectivity index (χ2v) is 7.68. The van der Waals surface area contributed by atoms with Gasteiger partial charge in [-0.25, -0.2) is 14.8 Å². The number of carbonyl (C=O) groups is 1. The van der Waals surface area contributed by atoms with Crippen molar-refractivity contribution in [1.82, 2.24) is 14.9 Å². The van der Waals surface area contributed by atoms with Gasteiger partial charge in [-0.15, -0.1) is 0 Å². The van der Waals surface area contributed by atoms with Crippen LogP contribution in [-0.2, 0) is 12.0 Å². The maximum absolute atomic E-state index is 11.2. The van der Waals surface area contributed by atoms with E-state index in [0.717, 1.165) is 43.8 Å². The third-order valence-corrected chi connectivity index (χ3v) is 5.91. The predicted octanol–water partition coefficient (Wildman–Crippen LogP) is 3.77. The van der Waals surface area contributed by atoms with Crippen molar-refractivity contribution in [2.75, 3.05) is 20.2 Å². The van der Waals surface area contributed by atoms with E-state index in [4.69, 9.17) is 4.74 Å². The molecule has 0 bridgehead atoms. The van der Waals surface area contributed by atoms with Gasteiger partial charge in [-0.05, 0) is 49.2 Å². The van der Waals surface area contributed by atoms with Gasteiger partial charge in [0.25, 0.3) is 0 Å². The van der Waals surface area contributed by atoms with Gasteiger partial charge in [0.2, 0.25) is 0 Å². The number of hydrogen-bond acceptors (Lipinski definition) is 5. The molecule has 0 spiro atoms. The highest BCUT2D eigenvalue weighted by atomic mass is 16.5. The molecular weight excluding hydrogens is 378 g/mol. The molecule has 0 atom stereocenters. The summed E-state index contributed by atoms with van der Waals surface area (Å²) in [5.74, 6) is 0.440. The Kier molecular flexibility index (Phi) is 5.77. The minimum Gasteiger partial charge on any atom is -0.497 e. The van der Waals surface area contributed by atoms with Gasteiger partial charge < -0.3 is 9.84 Å². The number of rotatable bonds is 6. The van der Waals surface area contributed by atoms with Crippen LogP contribution in [0, 0.1) is 0 Å². The average molecular weight is 403 g/mol. The normalized spacial score (nSPS) is 16.2. The summed E-state index contributed by atoms with van der Waals surface area (Å²) in [6.07, 6.45) is 4.50. The Morgan fingerprint density at radius 3 is 2.40 bits per heavy atom. The molecule has 2 aromatic carbocycles. The van der Waals surface area contributed by atoms with Crippen molar-refractivity contribution in [2.45, 2.75) is 24.8 Å². The molecule has 3 aromatic rings. The lowest BCUT2D eigenvalue weighted by Crippen LogP contribution is -2.44. The number of methoxy groups -OCH3 is 1. The Bertz CT molecular complexity index is 998. The zero-order chi connectivity index (χ0) is 21.0. The van der Waals surface area contributed by atoms with Crippen molar-refractivity contribution < 1.29 is 14.6 Å². The molecule has 1 aliphatic heterocycles. The number of likely N-dealkylation sites (tertiary alicyclic amines) is 1. The highest BCUT2D eigenvalue weighted by Gasteiger charge is 2.40. The van der Waals surface area contributed by atoms with Crippen molar-refractivity contribution >= 4 is 5.97 Å². The molecule has 1 N–H and O–H groups in total. The first-order valence-corrected chi connectivity index (χ1v) is 10.1. The summed E-state index contributed by atoms with van der Waals surface area (Å²) in [5, 5.41) is 9.21. The molecular formula is C24H25N3O3. The lowest BCUT2D eigenvalue weighted by molar-refractivity contribution is 0.0695. The molecule has 4 rings (SSSR count). The highest BCUT2D eigenvalue weighted by Crippen LogP contribution is 2.41. The maximum Gasteiger partial charge on any atom is 0.338 e. The standard InChI is InChI=1S/C24H25N3O3/c1-30-21-9-5-8-20(14-21)24(23-25-15-19(16-26-23)22(28)29)10-12-27(13-11-24)17-18-6-3-2-4-7-18/h2-9,14-16H,10-13,17H2,1H3,(H,28,29). The molecule has 1 saturated heterocycles. The third kappa shape index (κ3) is 4.04. The molecule has 0 unspecified atom stereocenters. The van der Waals surface area contributed by atoms with Crippen LogP contribution in [0.15, 0.2) is 67.0 Å². The largest absolute Gasteiger partial charge is 0.497 e. The number of carboxylic acid groups (broad SMARTS) is 1. The number of aromatic carboxylic acids is 1. The van der Waals surface area contributed by atoms with Crippen molar-refractivity contribution in [1.29, 1.82) is 0 Å². The highest BCUT2D eigenvalue weighted by molar-refractivity contribution is 5.86. The first-order valence-electron chi connectivity index (χ1n) is 10.1. The van der Waals surface area contributed by atoms with E-state index in [1.54, 1.807) is 7.11 Å². The quantitative estimate of drug-likeness (QED) is 0.675. The van der Waals surface area contributed by atoms with E-state index >= 15 is 0 Å². The Morgan fingerprint density at radius 1 is 1.07 bits per heavy atom. The molecule has 6 nitrogen and oxygen atoms in total. The van der Waals surface area contributed by atoms with Gasteiger partial charge in [0.1, 0.15) is 11.6 Å². The van der Waals surface area contributed by atoms with Gasteiger partial charge in [-0.3, -0.25) is 4.90 Å². The molecule has 0 saturated carbocycles. The summed E-state index contributed by atoms with van der Waals surface area (Å²) in [4.78, 5) is 22.6. The minimum absolute atomic E-state index is 0.0982. The van der Waals surface area contributed by atoms with E-state index in [1.165, 1.54) is 18.0 Å². The summed E-state index contributed by atoms with van der Waals surface area (Å²) >= 11 is 0. The van der Waals surface area contributed by atoms with Gasteiger partial charge in [-0.2, -0.15) is 0 Å². The Balaban J connectivity index is 1.64. The lowest BCUT2D eigenvalue weighted by atomic mass is 9.71. The van der Waals surface area contributed by atoms with Gasteiger partial charge in [0, 0.05) is 18.9 Å². The predicted molar refractivity (Wildman–Crippen MR) is 114 cm³/mol. The Hall–Kier alpha value is -3.25. The van der Waals surface area contributed by atoms with Crippen LogP contribution in [0.4, 0.5) is 0 Å². The van der Waals surface area contributed by atoms with Gasteiger partial charge in [0.15, 0.2) is 0 Å². The topological polar surface area (TPSA) is 75.5 Å². The van der Waals surface area contributed by atoms with Crippen LogP contribution in [0.3, 0.4) is 0 Å². The molecule has 154 valence electrons. The van der Waals surface area contributed by atoms with Crippen LogP contribution in [0.1, 0.15) is 40.2 Å². The molecule has 1 aliphatic rings. The fourth-order valence-electron chi connectivity index (χ4n) is 4.18. The number of benzene rings is 2. The first kappa shape index (κ1) is 20.0. The number of piperidine rings is 1. The number of hydrogen-bond donors (Lipinski definition) is 1. The van der Waals surface area contributed by atoms with Crippen LogP contribution < -0.4 is 4.74 Å². The molecule has 30 heavy (non-hydrogen) atoms. The van der Waals surface area contributed by atoms with E-state index < -0.39 is 5.97 Å². The van der Waals surface area contributed by atoms with Crippen LogP contribution in [-0.4, -0.2) is 46.1 Å². The van der Waals surface area contributed by atoms with Gasteiger partial charge in [-0.1, -0.05) is 42.5 Å². The zero-order valence-electron chi connectivity index (χ0n) is 17.0. The van der Waals surface area contributed by atoms with E-state index in [-0.39, 0.29) is 11.0 Å². The number of aromatic nitrogens is 2. The van der Waals surface area contributed by atoms with Crippen LogP contribution >= 0.6 is 0 Å². The summed E-state index contributed by atoms with van der Waals surface area (Å²) in [6, 6.07) is 18.5. The lowest BCUT2D eigenvalue weighted by Gasteiger charge is -2.41. The molecule has 1 fully saturated rings. The van der Waals surface area contributed by atoms with Crippen LogP contribution in [0.2, 0.25) is 0 Å². The SMILES string of the molecule is COc1cccc(C2(c3ncc(C(=O)O)cn3)CCN(Cc3ccccc3)CC2)c1. The average Bonchev–Trinajstić information content (AvgIpc) is 2.80. The zero-order valence-corrected chi connectivity index (χ0v) is 17.0. The number of nitrogens with zero attached hydrogens (tertiary/aromatic N) is 3. The third-order valence-electron chi connectivity index (χ3n) is 5.91. The van der Waals surface area contributed by atoms with E-state index in [9.17, 15) is 9.90 Å². The molecule has 0 radical (unpaired) electrons. The summed E-state index contributed by atoms with van der Waals surface area (Å²) < 4.78 is 5.45. The van der Waals surface area contributed by atoms with E-state index in [1.807, 2.05) is 24.3 Å². The molecule has 6 heteroatoms. The molecule has 0 amide bonds. The molecule has 1 aromatic heterocycles. The Morgan fingerprint density at radius 2 is 1.77 bits per heavy atom. The fourth-order valence-corrected chi connectivity index (χ4v) is 4.18. The smallest absolute Gasteiger partial charge is 0.338 e. The van der Waals surface area contributed by atoms with E-state index in [0.29, 0.717) is 5.82 Å². The molecule has 0 aliphatic carbocycles. The summed E-state index contributed by atoms with van der Waals surface area (Å²) in [6.45, 7) is 2.71. The fraction of sp³-hybridized carbons (Fsp3) is 0.292. The summed E-state index contributed by atoms with van der Waals surface area (Å²) in [7, 11) is 1.66. The van der Waals surface area contributed by atoms with Crippen LogP contribution in [0.25, 0.3) is 0 Å². The maximum atomic E-state index is 11.2. The van der Waals surface area contributed by atoms with Crippen molar-refractivity contribution in [2.24, 2.45) is 0 Å². The minimum atomic E-state index is -1.02. The van der Waals surface area contributed by atoms with Crippen molar-refractivity contribution in [3.8, 4) is 5.75 Å². The second-order valence-electron chi connectivity index (χ2n) is 7.68. The first-order chi connectivity index (χ1) is 14.6. The Labute approximate surface area is 176 Å². The molecule has 2 heterocycles. The van der Waals surface area contributed by atoms with Crippen molar-refractivity contribution in [3.63, 3.8) is 0 Å². The number of ether oxygens (including phenoxy) is 1. The van der Waals surface area contributed by atoms with Crippen LogP contribution in [0.5, 0.6) is 5.75 Å². The number of carboxylic acids is 1. The summed E-state index contributed by atoms with van der Waals surface area (Å²) in [5.41, 5.74) is 2.12. The monoisotopic (exact) mass is 403 g/mol. The second kappa shape index (κ2) is 8.63. The van der Waals surface area contributed by atoms with Gasteiger partial charge in [0.05, 0.1) is 18.1 Å². The van der Waals surface area contributed by atoms with Crippen molar-refractivity contribution in [3.05, 3.63) is 89.5 Å².